The summed E-state index contributed by atoms with van der Waals surface area (Å²) in [5.74, 6) is 1.67. The Hall–Kier alpha value is -1.08. The Morgan fingerprint density at radius 2 is 2.24 bits per heavy atom. The van der Waals surface area contributed by atoms with Gasteiger partial charge < -0.3 is 20.3 Å². The van der Waals surface area contributed by atoms with Crippen LogP contribution in [0.25, 0.3) is 0 Å². The predicted molar refractivity (Wildman–Crippen MR) is 92.1 cm³/mol. The summed E-state index contributed by atoms with van der Waals surface area (Å²) in [5, 5.41) is 1.61. The lowest BCUT2D eigenvalue weighted by Crippen LogP contribution is -2.37. The second kappa shape index (κ2) is 6.79. The molecule has 0 aliphatic carbocycles. The number of methoxy groups -OCH3 is 1. The van der Waals surface area contributed by atoms with Crippen LogP contribution in [0.4, 0.5) is 10.7 Å². The molecule has 1 unspecified atom stereocenters. The lowest BCUT2D eigenvalue weighted by Gasteiger charge is -2.32. The first kappa shape index (κ1) is 16.3. The highest BCUT2D eigenvalue weighted by molar-refractivity contribution is 8.00. The largest absolute Gasteiger partial charge is 0.492 e. The van der Waals surface area contributed by atoms with Crippen LogP contribution in [0.15, 0.2) is 0 Å². The van der Waals surface area contributed by atoms with Crippen LogP contribution in [0.5, 0.6) is 5.75 Å². The van der Waals surface area contributed by atoms with Gasteiger partial charge in [-0.1, -0.05) is 6.92 Å². The van der Waals surface area contributed by atoms with Gasteiger partial charge in [-0.15, -0.1) is 11.3 Å². The van der Waals surface area contributed by atoms with E-state index < -0.39 is 0 Å². The number of thioether (sulfide) groups is 1. The van der Waals surface area contributed by atoms with Crippen LogP contribution in [-0.2, 0) is 0 Å². The molecule has 1 fully saturated rings. The molecule has 1 aromatic heterocycles. The molecular formula is C14H23N3O2S2. The molecule has 1 amide bonds. The molecule has 1 atom stereocenters. The molecule has 21 heavy (non-hydrogen) atoms. The normalized spacial score (nSPS) is 18.7. The third-order valence-corrected chi connectivity index (χ3v) is 6.18. The molecule has 0 spiro atoms. The Kier molecular flexibility index (Phi) is 5.27. The first-order chi connectivity index (χ1) is 9.99. The van der Waals surface area contributed by atoms with Crippen molar-refractivity contribution in [3.63, 3.8) is 0 Å². The quantitative estimate of drug-likeness (QED) is 0.919. The number of ether oxygens (including phenoxy) is 1. The van der Waals surface area contributed by atoms with Gasteiger partial charge in [0.05, 0.1) is 7.11 Å². The zero-order valence-electron chi connectivity index (χ0n) is 13.0. The summed E-state index contributed by atoms with van der Waals surface area (Å²) >= 11 is 3.45. The molecule has 0 radical (unpaired) electrons. The SMILES string of the molecule is CCC1CN(c2sc(C(=O)N(C)C)c(N)c2OC)CCS1. The first-order valence-corrected chi connectivity index (χ1v) is 8.90. The average Bonchev–Trinajstić information content (AvgIpc) is 2.83. The minimum atomic E-state index is -0.0690. The number of hydrogen-bond acceptors (Lipinski definition) is 6. The topological polar surface area (TPSA) is 58.8 Å². The van der Waals surface area contributed by atoms with Crippen LogP contribution in [0, 0.1) is 0 Å². The Balaban J connectivity index is 2.35. The van der Waals surface area contributed by atoms with Gasteiger partial charge in [-0.25, -0.2) is 0 Å². The molecule has 1 aliphatic heterocycles. The highest BCUT2D eigenvalue weighted by Gasteiger charge is 2.28. The van der Waals surface area contributed by atoms with Gasteiger partial charge in [-0.3, -0.25) is 4.79 Å². The first-order valence-electron chi connectivity index (χ1n) is 7.04. The second-order valence-corrected chi connectivity index (χ2v) is 7.64. The van der Waals surface area contributed by atoms with Crippen molar-refractivity contribution in [1.82, 2.24) is 4.90 Å². The van der Waals surface area contributed by atoms with E-state index in [1.165, 1.54) is 11.3 Å². The zero-order valence-corrected chi connectivity index (χ0v) is 14.6. The van der Waals surface area contributed by atoms with E-state index in [0.29, 0.717) is 21.6 Å². The number of nitrogens with zero attached hydrogens (tertiary/aromatic N) is 2. The third-order valence-electron chi connectivity index (χ3n) is 3.57. The molecule has 2 N–H and O–H groups in total. The molecule has 5 nitrogen and oxygen atoms in total. The van der Waals surface area contributed by atoms with Gasteiger partial charge >= 0.3 is 0 Å². The van der Waals surface area contributed by atoms with Crippen molar-refractivity contribution < 1.29 is 9.53 Å². The maximum atomic E-state index is 12.2. The summed E-state index contributed by atoms with van der Waals surface area (Å²) in [4.78, 5) is 16.6. The fraction of sp³-hybridized carbons (Fsp3) is 0.643. The average molecular weight is 329 g/mol. The summed E-state index contributed by atoms with van der Waals surface area (Å²) in [7, 11) is 5.08. The van der Waals surface area contributed by atoms with Gasteiger partial charge in [0.25, 0.3) is 5.91 Å². The van der Waals surface area contributed by atoms with E-state index in [2.05, 4.69) is 11.8 Å². The Morgan fingerprint density at radius 3 is 2.81 bits per heavy atom. The summed E-state index contributed by atoms with van der Waals surface area (Å²) in [6, 6.07) is 0. The molecule has 1 saturated heterocycles. The van der Waals surface area contributed by atoms with Gasteiger partial charge in [-0.2, -0.15) is 11.8 Å². The molecule has 0 aromatic carbocycles. The number of anilines is 2. The molecule has 0 saturated carbocycles. The third kappa shape index (κ3) is 3.23. The molecule has 7 heteroatoms. The van der Waals surface area contributed by atoms with Crippen molar-refractivity contribution in [3.8, 4) is 5.75 Å². The van der Waals surface area contributed by atoms with Gasteiger partial charge in [-0.05, 0) is 6.42 Å². The number of rotatable bonds is 4. The van der Waals surface area contributed by atoms with Crippen LogP contribution in [-0.4, -0.2) is 56.1 Å². The molecule has 0 bridgehead atoms. The molecule has 2 rings (SSSR count). The van der Waals surface area contributed by atoms with Crippen LogP contribution < -0.4 is 15.4 Å². The van der Waals surface area contributed by atoms with E-state index >= 15 is 0 Å². The van der Waals surface area contributed by atoms with E-state index in [1.54, 1.807) is 26.1 Å². The van der Waals surface area contributed by atoms with Gasteiger partial charge in [0, 0.05) is 38.2 Å². The molecule has 1 aromatic rings. The van der Waals surface area contributed by atoms with E-state index in [-0.39, 0.29) is 5.91 Å². The van der Waals surface area contributed by atoms with Crippen LogP contribution in [0.2, 0.25) is 0 Å². The minimum Gasteiger partial charge on any atom is -0.492 e. The molecule has 2 heterocycles. The van der Waals surface area contributed by atoms with Gasteiger partial charge in [0.15, 0.2) is 5.75 Å². The number of nitrogens with two attached hydrogens (primary N) is 1. The zero-order chi connectivity index (χ0) is 15.6. The maximum Gasteiger partial charge on any atom is 0.265 e. The number of nitrogen functional groups attached to an aromatic ring is 1. The molecule has 1 aliphatic rings. The second-order valence-electron chi connectivity index (χ2n) is 5.23. The van der Waals surface area contributed by atoms with E-state index in [1.807, 2.05) is 11.8 Å². The fourth-order valence-electron chi connectivity index (χ4n) is 2.33. The van der Waals surface area contributed by atoms with Crippen molar-refractivity contribution >= 4 is 39.7 Å². The lowest BCUT2D eigenvalue weighted by atomic mass is 10.3. The minimum absolute atomic E-state index is 0.0690. The Labute approximate surface area is 134 Å². The summed E-state index contributed by atoms with van der Waals surface area (Å²) in [6.07, 6.45) is 1.15. The van der Waals surface area contributed by atoms with Gasteiger partial charge in [0.1, 0.15) is 15.6 Å². The number of thiophene rings is 1. The van der Waals surface area contributed by atoms with Crippen molar-refractivity contribution in [3.05, 3.63) is 4.88 Å². The van der Waals surface area contributed by atoms with Crippen LogP contribution in [0.3, 0.4) is 0 Å². The summed E-state index contributed by atoms with van der Waals surface area (Å²) in [5.41, 5.74) is 6.59. The number of hydrogen-bond donors (Lipinski definition) is 1. The van der Waals surface area contributed by atoms with E-state index in [9.17, 15) is 4.79 Å². The van der Waals surface area contributed by atoms with Crippen molar-refractivity contribution in [2.24, 2.45) is 0 Å². The lowest BCUT2D eigenvalue weighted by molar-refractivity contribution is 0.0833. The summed E-state index contributed by atoms with van der Waals surface area (Å²) < 4.78 is 5.48. The highest BCUT2D eigenvalue weighted by Crippen LogP contribution is 2.46. The van der Waals surface area contributed by atoms with Crippen molar-refractivity contribution in [1.29, 1.82) is 0 Å². The molecule has 118 valence electrons. The number of amides is 1. The maximum absolute atomic E-state index is 12.2. The fourth-order valence-corrected chi connectivity index (χ4v) is 4.76. The monoisotopic (exact) mass is 329 g/mol. The highest BCUT2D eigenvalue weighted by atomic mass is 32.2. The molecular weight excluding hydrogens is 306 g/mol. The van der Waals surface area contributed by atoms with Crippen molar-refractivity contribution in [2.75, 3.05) is 50.7 Å². The number of carbonyl (C=O) groups is 1. The smallest absolute Gasteiger partial charge is 0.265 e. The van der Waals surface area contributed by atoms with Gasteiger partial charge in [0.2, 0.25) is 0 Å². The predicted octanol–water partition coefficient (Wildman–Crippen LogP) is 2.37. The van der Waals surface area contributed by atoms with Crippen LogP contribution >= 0.6 is 23.1 Å². The van der Waals surface area contributed by atoms with Crippen LogP contribution in [0.1, 0.15) is 23.0 Å². The standard InChI is InChI=1S/C14H23N3O2S2/c1-5-9-8-17(6-7-20-9)14-11(19-4)10(15)12(21-14)13(18)16(2)3/h9H,5-8,15H2,1-4H3. The summed E-state index contributed by atoms with van der Waals surface area (Å²) in [6.45, 7) is 4.16. The van der Waals surface area contributed by atoms with E-state index in [4.69, 9.17) is 10.5 Å². The Bertz CT molecular complexity index is 517. The number of carbonyl (C=O) groups excluding carboxylic acids is 1. The Morgan fingerprint density at radius 1 is 1.52 bits per heavy atom. The van der Waals surface area contributed by atoms with Crippen molar-refractivity contribution in [2.45, 2.75) is 18.6 Å². The van der Waals surface area contributed by atoms with E-state index in [0.717, 1.165) is 30.3 Å².